The van der Waals surface area contributed by atoms with Gasteiger partial charge in [0.05, 0.1) is 24.7 Å². The molecule has 12 nitrogen and oxygen atoms in total. The summed E-state index contributed by atoms with van der Waals surface area (Å²) in [6.07, 6.45) is 18.1. The summed E-state index contributed by atoms with van der Waals surface area (Å²) in [5, 5.41) is 8.12. The van der Waals surface area contributed by atoms with Crippen LogP contribution in [0.4, 0.5) is 0 Å². The molecule has 4 rings (SSSR count). The lowest BCUT2D eigenvalue weighted by Gasteiger charge is -2.33. The minimum absolute atomic E-state index is 0.182. The fourth-order valence-electron chi connectivity index (χ4n) is 7.27. The molecule has 0 radical (unpaired) electrons. The monoisotopic (exact) mass is 653 g/mol. The number of carbonyl (C=O) groups is 5. The van der Waals surface area contributed by atoms with E-state index in [1.54, 1.807) is 12.1 Å². The van der Waals surface area contributed by atoms with Crippen LogP contribution >= 0.6 is 0 Å². The first-order valence-corrected chi connectivity index (χ1v) is 17.9. The fourth-order valence-corrected chi connectivity index (χ4v) is 7.27. The second-order valence-corrected chi connectivity index (χ2v) is 13.6. The number of nitrogens with one attached hydrogen (secondary N) is 3. The van der Waals surface area contributed by atoms with Gasteiger partial charge >= 0.3 is 0 Å². The molecule has 1 aromatic rings. The van der Waals surface area contributed by atoms with E-state index in [1.165, 1.54) is 25.2 Å². The molecular weight excluding hydrogens is 598 g/mol. The molecule has 2 aliphatic carbocycles. The lowest BCUT2D eigenvalue weighted by atomic mass is 9.84. The highest BCUT2D eigenvalue weighted by Crippen LogP contribution is 2.30. The van der Waals surface area contributed by atoms with Gasteiger partial charge in [-0.25, -0.2) is 0 Å². The Morgan fingerprint density at radius 2 is 1.45 bits per heavy atom. The average molecular weight is 654 g/mol. The Morgan fingerprint density at radius 3 is 2.09 bits per heavy atom. The van der Waals surface area contributed by atoms with Crippen molar-refractivity contribution in [3.8, 4) is 0 Å². The van der Waals surface area contributed by atoms with E-state index >= 15 is 0 Å². The number of rotatable bonds is 15. The number of amides is 5. The first-order valence-electron chi connectivity index (χ1n) is 17.9. The quantitative estimate of drug-likeness (QED) is 0.224. The third-order valence-corrected chi connectivity index (χ3v) is 9.98. The Hall–Kier alpha value is -3.38. The van der Waals surface area contributed by atoms with E-state index in [0.717, 1.165) is 88.6 Å². The molecule has 0 bridgehead atoms. The predicted molar refractivity (Wildman–Crippen MR) is 179 cm³/mol. The molecule has 12 heteroatoms. The first kappa shape index (κ1) is 36.5. The van der Waals surface area contributed by atoms with Crippen molar-refractivity contribution in [2.45, 2.75) is 108 Å². The molecule has 3 fully saturated rings. The van der Waals surface area contributed by atoms with Crippen molar-refractivity contribution >= 4 is 29.5 Å². The zero-order valence-corrected chi connectivity index (χ0v) is 27.9. The summed E-state index contributed by atoms with van der Waals surface area (Å²) < 4.78 is 0. The molecular formula is C35H55N7O5. The van der Waals surface area contributed by atoms with E-state index in [4.69, 9.17) is 5.73 Å². The minimum atomic E-state index is -1.03. The van der Waals surface area contributed by atoms with Gasteiger partial charge in [-0.3, -0.25) is 33.9 Å². The zero-order valence-electron chi connectivity index (χ0n) is 27.9. The number of hydrogen-bond donors (Lipinski definition) is 4. The number of piperidine rings is 1. The van der Waals surface area contributed by atoms with E-state index in [-0.39, 0.29) is 23.9 Å². The minimum Gasteiger partial charge on any atom is -0.353 e. The van der Waals surface area contributed by atoms with Crippen molar-refractivity contribution in [3.63, 3.8) is 0 Å². The van der Waals surface area contributed by atoms with Crippen molar-refractivity contribution in [3.05, 3.63) is 30.1 Å². The van der Waals surface area contributed by atoms with Crippen LogP contribution in [0, 0.1) is 11.8 Å². The maximum absolute atomic E-state index is 13.9. The number of aromatic nitrogens is 1. The Bertz CT molecular complexity index is 1160. The lowest BCUT2D eigenvalue weighted by molar-refractivity contribution is -0.138. The van der Waals surface area contributed by atoms with Crippen LogP contribution in [0.2, 0.25) is 0 Å². The maximum Gasteiger partial charge on any atom is 0.262 e. The van der Waals surface area contributed by atoms with Crippen LogP contribution in [0.3, 0.4) is 0 Å². The Balaban J connectivity index is 1.40. The number of hydrogen-bond acceptors (Lipinski definition) is 8. The number of nitrogens with two attached hydrogens (primary N) is 1. The van der Waals surface area contributed by atoms with Gasteiger partial charge in [-0.2, -0.15) is 0 Å². The van der Waals surface area contributed by atoms with Crippen LogP contribution in [-0.4, -0.2) is 95.7 Å². The van der Waals surface area contributed by atoms with Crippen molar-refractivity contribution in [2.75, 3.05) is 39.3 Å². The van der Waals surface area contributed by atoms with E-state index in [2.05, 4.69) is 25.8 Å². The van der Waals surface area contributed by atoms with Crippen molar-refractivity contribution < 1.29 is 24.0 Å². The van der Waals surface area contributed by atoms with E-state index < -0.39 is 42.3 Å². The summed E-state index contributed by atoms with van der Waals surface area (Å²) in [7, 11) is 0. The number of pyridine rings is 1. The van der Waals surface area contributed by atoms with Gasteiger partial charge in [0.1, 0.15) is 6.04 Å². The highest BCUT2D eigenvalue weighted by Gasteiger charge is 2.37. The van der Waals surface area contributed by atoms with Crippen LogP contribution < -0.4 is 21.7 Å². The molecule has 2 saturated carbocycles. The smallest absolute Gasteiger partial charge is 0.262 e. The van der Waals surface area contributed by atoms with Crippen LogP contribution in [0.25, 0.3) is 0 Å². The number of imide groups is 1. The highest BCUT2D eigenvalue weighted by atomic mass is 16.2. The summed E-state index contributed by atoms with van der Waals surface area (Å²) in [6.45, 7) is 2.28. The third-order valence-electron chi connectivity index (χ3n) is 9.98. The van der Waals surface area contributed by atoms with Gasteiger partial charge < -0.3 is 26.6 Å². The van der Waals surface area contributed by atoms with Crippen molar-refractivity contribution in [2.24, 2.45) is 17.6 Å². The molecule has 3 aliphatic rings. The van der Waals surface area contributed by atoms with Gasteiger partial charge in [0.15, 0.2) is 0 Å². The standard InChI is InChI=1S/C35H55N7O5/c36-29(21-26-11-4-1-5-12-26)33(45)40-24-31(43)39-25-32(44)42(35(47)28-15-10-16-37-23-28)30(22-27-13-6-2-7-14-27)34(46)38-17-20-41-18-8-3-9-19-41/h10,15-16,23,26-27,29-30H,1-9,11-14,17-22,24-25,36H2,(H,38,46)(H,39,43)(H,40,45)/t29-,30-/m0/s1. The molecule has 2 heterocycles. The van der Waals surface area contributed by atoms with Gasteiger partial charge in [0.25, 0.3) is 5.91 Å². The summed E-state index contributed by atoms with van der Waals surface area (Å²) in [6, 6.07) is 1.43. The summed E-state index contributed by atoms with van der Waals surface area (Å²) in [4.78, 5) is 74.2. The Kier molecular flexibility index (Phi) is 15.1. The molecule has 1 aromatic heterocycles. The molecule has 2 atom stereocenters. The van der Waals surface area contributed by atoms with E-state index in [1.807, 2.05) is 0 Å². The Morgan fingerprint density at radius 1 is 0.809 bits per heavy atom. The predicted octanol–water partition coefficient (Wildman–Crippen LogP) is 2.52. The van der Waals surface area contributed by atoms with Crippen LogP contribution in [0.5, 0.6) is 0 Å². The Labute approximate surface area is 279 Å². The molecule has 1 saturated heterocycles. The molecule has 5 N–H and O–H groups in total. The number of likely N-dealkylation sites (tertiary alicyclic amines) is 1. The summed E-state index contributed by atoms with van der Waals surface area (Å²) >= 11 is 0. The van der Waals surface area contributed by atoms with Gasteiger partial charge in [0, 0.05) is 25.5 Å². The number of nitrogens with zero attached hydrogens (tertiary/aromatic N) is 3. The van der Waals surface area contributed by atoms with Gasteiger partial charge in [0.2, 0.25) is 23.6 Å². The normalized spacial score (nSPS) is 19.3. The summed E-state index contributed by atoms with van der Waals surface area (Å²) in [5.41, 5.74) is 6.29. The molecule has 0 unspecified atom stereocenters. The molecule has 0 spiro atoms. The maximum atomic E-state index is 13.9. The molecule has 260 valence electrons. The SMILES string of the molecule is N[C@@H](CC1CCCCC1)C(=O)NCC(=O)NCC(=O)N(C(=O)c1cccnc1)[C@@H](CC1CCCCC1)C(=O)NCCN1CCCCC1. The second kappa shape index (κ2) is 19.4. The second-order valence-electron chi connectivity index (χ2n) is 13.6. The first-order chi connectivity index (χ1) is 22.8. The van der Waals surface area contributed by atoms with Crippen LogP contribution in [-0.2, 0) is 19.2 Å². The largest absolute Gasteiger partial charge is 0.353 e. The number of carbonyl (C=O) groups excluding carboxylic acids is 5. The molecule has 1 aliphatic heterocycles. The fraction of sp³-hybridized carbons (Fsp3) is 0.714. The molecule has 47 heavy (non-hydrogen) atoms. The van der Waals surface area contributed by atoms with Crippen LogP contribution in [0.15, 0.2) is 24.5 Å². The van der Waals surface area contributed by atoms with Gasteiger partial charge in [-0.15, -0.1) is 0 Å². The average Bonchev–Trinajstić information content (AvgIpc) is 3.11. The van der Waals surface area contributed by atoms with Gasteiger partial charge in [-0.1, -0.05) is 70.6 Å². The molecule has 5 amide bonds. The van der Waals surface area contributed by atoms with Crippen molar-refractivity contribution in [1.29, 1.82) is 0 Å². The van der Waals surface area contributed by atoms with E-state index in [9.17, 15) is 24.0 Å². The van der Waals surface area contributed by atoms with Gasteiger partial charge in [-0.05, 0) is 62.7 Å². The lowest BCUT2D eigenvalue weighted by Crippen LogP contribution is -2.56. The highest BCUT2D eigenvalue weighted by molar-refractivity contribution is 6.08. The summed E-state index contributed by atoms with van der Waals surface area (Å²) in [5.74, 6) is -2.07. The topological polar surface area (TPSA) is 167 Å². The van der Waals surface area contributed by atoms with Crippen molar-refractivity contribution in [1.82, 2.24) is 30.7 Å². The third kappa shape index (κ3) is 12.0. The van der Waals surface area contributed by atoms with Crippen LogP contribution in [0.1, 0.15) is 107 Å². The van der Waals surface area contributed by atoms with E-state index in [0.29, 0.717) is 31.8 Å². The molecule has 0 aromatic carbocycles. The zero-order chi connectivity index (χ0) is 33.4.